The van der Waals surface area contributed by atoms with Gasteiger partial charge in [0.1, 0.15) is 0 Å². The second-order valence-corrected chi connectivity index (χ2v) is 5.93. The highest BCUT2D eigenvalue weighted by atomic mass is 16.4. The van der Waals surface area contributed by atoms with Crippen LogP contribution < -0.4 is 5.32 Å². The summed E-state index contributed by atoms with van der Waals surface area (Å²) in [5, 5.41) is 11.9. The maximum Gasteiger partial charge on any atom is 0.308 e. The number of likely N-dealkylation sites (tertiary alicyclic amines) is 1. The van der Waals surface area contributed by atoms with Crippen LogP contribution in [-0.2, 0) is 20.8 Å². The molecule has 6 nitrogen and oxygen atoms in total. The Morgan fingerprint density at radius 1 is 1.36 bits per heavy atom. The van der Waals surface area contributed by atoms with E-state index in [4.69, 9.17) is 5.11 Å². The molecule has 0 aromatic heterocycles. The molecule has 0 aliphatic carbocycles. The largest absolute Gasteiger partial charge is 0.481 e. The molecule has 2 amide bonds. The Morgan fingerprint density at radius 2 is 2.14 bits per heavy atom. The highest BCUT2D eigenvalue weighted by molar-refractivity contribution is 5.94. The number of carbonyl (C=O) groups is 3. The van der Waals surface area contributed by atoms with Crippen molar-refractivity contribution in [1.29, 1.82) is 0 Å². The first-order valence-corrected chi connectivity index (χ1v) is 7.40. The zero-order valence-corrected chi connectivity index (χ0v) is 12.3. The molecule has 1 fully saturated rings. The summed E-state index contributed by atoms with van der Waals surface area (Å²) in [5.41, 5.74) is 2.85. The Hall–Kier alpha value is -2.37. The van der Waals surface area contributed by atoms with E-state index in [-0.39, 0.29) is 30.8 Å². The summed E-state index contributed by atoms with van der Waals surface area (Å²) in [6, 6.07) is 5.57. The second-order valence-electron chi connectivity index (χ2n) is 5.93. The highest BCUT2D eigenvalue weighted by Gasteiger charge is 2.37. The molecule has 2 heterocycles. The van der Waals surface area contributed by atoms with Gasteiger partial charge in [0.25, 0.3) is 0 Å². The van der Waals surface area contributed by atoms with Crippen LogP contribution >= 0.6 is 0 Å². The molecular weight excluding hydrogens is 284 g/mol. The lowest BCUT2D eigenvalue weighted by Gasteiger charge is -2.26. The number of fused-ring (bicyclic) bond motifs is 1. The van der Waals surface area contributed by atoms with E-state index in [1.165, 1.54) is 0 Å². The minimum Gasteiger partial charge on any atom is -0.481 e. The minimum atomic E-state index is -0.920. The lowest BCUT2D eigenvalue weighted by molar-refractivity contribution is -0.141. The van der Waals surface area contributed by atoms with Crippen LogP contribution in [0, 0.1) is 5.92 Å². The third-order valence-corrected chi connectivity index (χ3v) is 4.48. The number of carboxylic acids is 1. The van der Waals surface area contributed by atoms with Gasteiger partial charge in [-0.05, 0) is 30.5 Å². The topological polar surface area (TPSA) is 86.7 Å². The Labute approximate surface area is 128 Å². The number of hydrogen-bond acceptors (Lipinski definition) is 3. The van der Waals surface area contributed by atoms with E-state index in [1.54, 1.807) is 4.90 Å². The molecule has 1 aromatic rings. The van der Waals surface area contributed by atoms with Crippen LogP contribution in [0.3, 0.4) is 0 Å². The standard InChI is InChI=1S/C16H18N2O4/c1-9(18-8-12(16(21)22)7-15(18)20)10-2-4-13-11(6-10)3-5-14(19)17-13/h2,4,6,9,12H,3,5,7-8H2,1H3,(H,17,19)(H,21,22). The third kappa shape index (κ3) is 2.56. The fourth-order valence-electron chi connectivity index (χ4n) is 3.11. The average molecular weight is 302 g/mol. The number of nitrogens with one attached hydrogen (secondary N) is 1. The number of anilines is 1. The lowest BCUT2D eigenvalue weighted by atomic mass is 9.97. The average Bonchev–Trinajstić information content (AvgIpc) is 2.88. The minimum absolute atomic E-state index is 0.0207. The van der Waals surface area contributed by atoms with Crippen molar-refractivity contribution in [3.63, 3.8) is 0 Å². The molecule has 2 unspecified atom stereocenters. The first kappa shape index (κ1) is 14.6. The Morgan fingerprint density at radius 3 is 2.82 bits per heavy atom. The molecule has 0 radical (unpaired) electrons. The van der Waals surface area contributed by atoms with Crippen LogP contribution in [0.4, 0.5) is 5.69 Å². The van der Waals surface area contributed by atoms with Crippen LogP contribution in [0.1, 0.15) is 36.9 Å². The molecule has 1 saturated heterocycles. The predicted octanol–water partition coefficient (Wildman–Crippen LogP) is 1.57. The molecule has 2 N–H and O–H groups in total. The maximum absolute atomic E-state index is 12.0. The Balaban J connectivity index is 1.81. The van der Waals surface area contributed by atoms with Crippen molar-refractivity contribution in [2.45, 2.75) is 32.2 Å². The van der Waals surface area contributed by atoms with Gasteiger partial charge >= 0.3 is 5.97 Å². The summed E-state index contributed by atoms with van der Waals surface area (Å²) < 4.78 is 0. The highest BCUT2D eigenvalue weighted by Crippen LogP contribution is 2.32. The number of aryl methyl sites for hydroxylation is 1. The summed E-state index contributed by atoms with van der Waals surface area (Å²) in [4.78, 5) is 36.1. The van der Waals surface area contributed by atoms with Crippen LogP contribution in [0.15, 0.2) is 18.2 Å². The first-order chi connectivity index (χ1) is 10.5. The maximum atomic E-state index is 12.0. The Kier molecular flexibility index (Phi) is 3.60. The fraction of sp³-hybridized carbons (Fsp3) is 0.438. The number of rotatable bonds is 3. The van der Waals surface area contributed by atoms with Crippen LogP contribution in [0.25, 0.3) is 0 Å². The van der Waals surface area contributed by atoms with Crippen LogP contribution in [0.2, 0.25) is 0 Å². The molecule has 0 bridgehead atoms. The van der Waals surface area contributed by atoms with E-state index < -0.39 is 11.9 Å². The third-order valence-electron chi connectivity index (χ3n) is 4.48. The molecule has 6 heteroatoms. The van der Waals surface area contributed by atoms with Crippen LogP contribution in [-0.4, -0.2) is 34.3 Å². The van der Waals surface area contributed by atoms with E-state index in [9.17, 15) is 14.4 Å². The smallest absolute Gasteiger partial charge is 0.308 e. The lowest BCUT2D eigenvalue weighted by Crippen LogP contribution is -2.29. The van der Waals surface area contributed by atoms with Crippen molar-refractivity contribution in [2.75, 3.05) is 11.9 Å². The molecule has 0 saturated carbocycles. The van der Waals surface area contributed by atoms with E-state index in [1.807, 2.05) is 25.1 Å². The van der Waals surface area contributed by atoms with Gasteiger partial charge in [0, 0.05) is 25.1 Å². The molecule has 2 aliphatic rings. The summed E-state index contributed by atoms with van der Waals surface area (Å²) >= 11 is 0. The number of hydrogen-bond donors (Lipinski definition) is 2. The zero-order chi connectivity index (χ0) is 15.9. The van der Waals surface area contributed by atoms with E-state index in [0.29, 0.717) is 12.8 Å². The van der Waals surface area contributed by atoms with Gasteiger partial charge < -0.3 is 15.3 Å². The first-order valence-electron chi connectivity index (χ1n) is 7.40. The molecule has 3 rings (SSSR count). The van der Waals surface area contributed by atoms with Crippen molar-refractivity contribution in [2.24, 2.45) is 5.92 Å². The molecule has 2 atom stereocenters. The Bertz CT molecular complexity index is 656. The number of amides is 2. The number of nitrogens with zero attached hydrogens (tertiary/aromatic N) is 1. The molecule has 1 aromatic carbocycles. The molecule has 2 aliphatic heterocycles. The van der Waals surface area contributed by atoms with E-state index >= 15 is 0 Å². The number of carbonyl (C=O) groups excluding carboxylic acids is 2. The number of carboxylic acid groups (broad SMARTS) is 1. The molecule has 0 spiro atoms. The van der Waals surface area contributed by atoms with Crippen LogP contribution in [0.5, 0.6) is 0 Å². The van der Waals surface area contributed by atoms with Gasteiger partial charge in [-0.15, -0.1) is 0 Å². The van der Waals surface area contributed by atoms with E-state index in [0.717, 1.165) is 16.8 Å². The predicted molar refractivity (Wildman–Crippen MR) is 79.3 cm³/mol. The van der Waals surface area contributed by atoms with Gasteiger partial charge in [-0.25, -0.2) is 0 Å². The summed E-state index contributed by atoms with van der Waals surface area (Å²) in [7, 11) is 0. The van der Waals surface area contributed by atoms with E-state index in [2.05, 4.69) is 5.32 Å². The molecular formula is C16H18N2O4. The van der Waals surface area contributed by atoms with Crippen molar-refractivity contribution in [3.05, 3.63) is 29.3 Å². The SMILES string of the molecule is CC(c1ccc2c(c1)CCC(=O)N2)N1CC(C(=O)O)CC1=O. The zero-order valence-electron chi connectivity index (χ0n) is 12.3. The quantitative estimate of drug-likeness (QED) is 0.887. The van der Waals surface area contributed by atoms with Gasteiger partial charge in [0.2, 0.25) is 11.8 Å². The van der Waals surface area contributed by atoms with Crippen molar-refractivity contribution in [1.82, 2.24) is 4.90 Å². The van der Waals surface area contributed by atoms with Gasteiger partial charge in [0.05, 0.1) is 12.0 Å². The van der Waals surface area contributed by atoms with Gasteiger partial charge in [0.15, 0.2) is 0 Å². The number of benzene rings is 1. The summed E-state index contributed by atoms with van der Waals surface area (Å²) in [6.07, 6.45) is 1.22. The summed E-state index contributed by atoms with van der Waals surface area (Å²) in [5.74, 6) is -1.64. The summed E-state index contributed by atoms with van der Waals surface area (Å²) in [6.45, 7) is 2.16. The normalized spacial score (nSPS) is 22.2. The number of aliphatic carboxylic acids is 1. The van der Waals surface area contributed by atoms with Crippen molar-refractivity contribution in [3.8, 4) is 0 Å². The molecule has 116 valence electrons. The van der Waals surface area contributed by atoms with Gasteiger partial charge in [-0.2, -0.15) is 0 Å². The molecule has 22 heavy (non-hydrogen) atoms. The van der Waals surface area contributed by atoms with Gasteiger partial charge in [-0.1, -0.05) is 12.1 Å². The van der Waals surface area contributed by atoms with Crippen molar-refractivity contribution < 1.29 is 19.5 Å². The fourth-order valence-corrected chi connectivity index (χ4v) is 3.11. The second kappa shape index (κ2) is 5.44. The van der Waals surface area contributed by atoms with Gasteiger partial charge in [-0.3, -0.25) is 14.4 Å². The monoisotopic (exact) mass is 302 g/mol. The van der Waals surface area contributed by atoms with Crippen molar-refractivity contribution >= 4 is 23.5 Å².